The number of likely N-dealkylation sites (tertiary alicyclic amines) is 1. The van der Waals surface area contributed by atoms with Gasteiger partial charge in [0.1, 0.15) is 23.5 Å². The summed E-state index contributed by atoms with van der Waals surface area (Å²) in [5, 5.41) is 2.42. The number of amides is 2. The molecule has 6 rings (SSSR count). The molecule has 0 spiro atoms. The molecule has 2 aromatic rings. The number of carbonyl (C=O) groups excluding carboxylic acids is 2. The molecule has 12 heteroatoms. The van der Waals surface area contributed by atoms with Crippen molar-refractivity contribution in [3.05, 3.63) is 82.8 Å². The lowest BCUT2D eigenvalue weighted by molar-refractivity contribution is -0.750. The molecular weight excluding hydrogens is 535 g/mol. The number of benzene rings is 1. The number of quaternary nitrogens is 1. The van der Waals surface area contributed by atoms with Crippen LogP contribution in [0.4, 0.5) is 19.0 Å². The van der Waals surface area contributed by atoms with E-state index in [-0.39, 0.29) is 52.1 Å². The third-order valence-electron chi connectivity index (χ3n) is 8.05. The summed E-state index contributed by atoms with van der Waals surface area (Å²) in [6, 6.07) is 6.23. The molecule has 9 nitrogen and oxygen atoms in total. The van der Waals surface area contributed by atoms with Crippen LogP contribution in [0.15, 0.2) is 70.3 Å². The Labute approximate surface area is 234 Å². The van der Waals surface area contributed by atoms with E-state index in [1.807, 2.05) is 4.90 Å². The molecule has 1 saturated heterocycles. The lowest BCUT2D eigenvalue weighted by atomic mass is 9.89. The number of rotatable bonds is 6. The van der Waals surface area contributed by atoms with Crippen molar-refractivity contribution < 1.29 is 27.4 Å². The summed E-state index contributed by atoms with van der Waals surface area (Å²) in [6.45, 7) is 2.57. The van der Waals surface area contributed by atoms with E-state index >= 15 is 4.39 Å². The van der Waals surface area contributed by atoms with Gasteiger partial charge in [-0.1, -0.05) is 0 Å². The van der Waals surface area contributed by atoms with Crippen LogP contribution in [0.1, 0.15) is 60.5 Å². The fraction of sp³-hybridized carbons (Fsp3) is 0.345. The van der Waals surface area contributed by atoms with Crippen molar-refractivity contribution in [3.63, 3.8) is 0 Å². The van der Waals surface area contributed by atoms with E-state index in [0.29, 0.717) is 17.9 Å². The number of amidine groups is 1. The summed E-state index contributed by atoms with van der Waals surface area (Å²) in [7, 11) is 0. The molecule has 3 atom stereocenters. The number of hydrogen-bond acceptors (Lipinski definition) is 6. The highest BCUT2D eigenvalue weighted by molar-refractivity contribution is 6.05. The van der Waals surface area contributed by atoms with Gasteiger partial charge in [-0.2, -0.15) is 10.8 Å². The number of pyridine rings is 1. The minimum Gasteiger partial charge on any atom is -0.339 e. The maximum Gasteiger partial charge on any atom is 0.267 e. The first kappa shape index (κ1) is 27.0. The zero-order valence-corrected chi connectivity index (χ0v) is 22.3. The predicted octanol–water partition coefficient (Wildman–Crippen LogP) is 4.67. The van der Waals surface area contributed by atoms with Crippen molar-refractivity contribution in [2.75, 3.05) is 11.9 Å². The standard InChI is InChI=1S/C29H28F3N7O2/c1-16-2-3-20(15-38(16)29(41)17-4-5-17)25-23-14-34-10-11-39(23,33)27(37-25)21-7-6-19(12-22(21)30)28(40)36-24-13-18(26(31)32)8-9-35-24/h6-14,16-17,20,26H,2-5,15,33H2,1H3/p+1/t16-,20+,39?/m0/s1. The summed E-state index contributed by atoms with van der Waals surface area (Å²) in [5.74, 6) is 5.71. The Morgan fingerprint density at radius 3 is 2.68 bits per heavy atom. The third kappa shape index (κ3) is 4.97. The van der Waals surface area contributed by atoms with Gasteiger partial charge in [0.05, 0.1) is 18.0 Å². The van der Waals surface area contributed by atoms with E-state index in [0.717, 1.165) is 50.1 Å². The minimum absolute atomic E-state index is 0.0303. The van der Waals surface area contributed by atoms with E-state index in [1.165, 1.54) is 18.3 Å². The fourth-order valence-corrected chi connectivity index (χ4v) is 5.57. The highest BCUT2D eigenvalue weighted by Crippen LogP contribution is 2.40. The van der Waals surface area contributed by atoms with Crippen LogP contribution in [0.3, 0.4) is 0 Å². The number of piperidine rings is 1. The largest absolute Gasteiger partial charge is 0.339 e. The topological polar surface area (TPSA) is 113 Å². The predicted molar refractivity (Wildman–Crippen MR) is 146 cm³/mol. The monoisotopic (exact) mass is 564 g/mol. The van der Waals surface area contributed by atoms with Crippen LogP contribution < -0.4 is 11.2 Å². The highest BCUT2D eigenvalue weighted by Gasteiger charge is 2.48. The van der Waals surface area contributed by atoms with Crippen molar-refractivity contribution in [1.29, 1.82) is 0 Å². The number of anilines is 1. The maximum atomic E-state index is 15.6. The quantitative estimate of drug-likeness (QED) is 0.392. The van der Waals surface area contributed by atoms with Gasteiger partial charge in [0.15, 0.2) is 0 Å². The van der Waals surface area contributed by atoms with E-state index < -0.39 is 22.7 Å². The Kier molecular flexibility index (Phi) is 6.82. The Bertz CT molecular complexity index is 1550. The molecule has 3 N–H and O–H groups in total. The van der Waals surface area contributed by atoms with Crippen LogP contribution >= 0.6 is 0 Å². The van der Waals surface area contributed by atoms with Gasteiger partial charge < -0.3 is 10.2 Å². The lowest BCUT2D eigenvalue weighted by Crippen LogP contribution is -2.53. The van der Waals surface area contributed by atoms with Gasteiger partial charge in [0.2, 0.25) is 11.6 Å². The normalized spacial score (nSPS) is 25.4. The SMILES string of the molecule is C[C@H]1CC[C@@H](C2=C3C=NC=C[N+]3(N)C(c3ccc(C(=O)Nc4cc(C(F)F)ccn4)cc3F)=N2)CN1C(=O)C1CC1. The summed E-state index contributed by atoms with van der Waals surface area (Å²) in [5.41, 5.74) is 1.05. The molecule has 3 aliphatic heterocycles. The maximum absolute atomic E-state index is 15.6. The lowest BCUT2D eigenvalue weighted by Gasteiger charge is -2.38. The van der Waals surface area contributed by atoms with E-state index in [9.17, 15) is 18.4 Å². The molecule has 1 aromatic carbocycles. The first-order valence-electron chi connectivity index (χ1n) is 13.5. The number of aromatic nitrogens is 1. The molecule has 1 aliphatic carbocycles. The molecule has 4 aliphatic rings. The van der Waals surface area contributed by atoms with Crippen molar-refractivity contribution in [2.45, 2.75) is 45.1 Å². The fourth-order valence-electron chi connectivity index (χ4n) is 5.57. The van der Waals surface area contributed by atoms with Crippen LogP contribution in [0.2, 0.25) is 0 Å². The number of nitrogens with one attached hydrogen (secondary N) is 1. The number of alkyl halides is 2. The van der Waals surface area contributed by atoms with Crippen LogP contribution in [0.5, 0.6) is 0 Å². The molecule has 2 fully saturated rings. The Morgan fingerprint density at radius 1 is 1.15 bits per heavy atom. The Balaban J connectivity index is 1.28. The third-order valence-corrected chi connectivity index (χ3v) is 8.05. The van der Waals surface area contributed by atoms with Gasteiger partial charge in [0, 0.05) is 41.7 Å². The first-order chi connectivity index (χ1) is 19.7. The summed E-state index contributed by atoms with van der Waals surface area (Å²) in [6.07, 6.45) is 6.66. The van der Waals surface area contributed by atoms with Gasteiger partial charge in [-0.3, -0.25) is 14.6 Å². The number of nitrogens with zero attached hydrogens (tertiary/aromatic N) is 5. The summed E-state index contributed by atoms with van der Waals surface area (Å²) in [4.78, 5) is 40.6. The molecule has 0 bridgehead atoms. The second kappa shape index (κ2) is 10.3. The second-order valence-electron chi connectivity index (χ2n) is 10.9. The molecule has 212 valence electrons. The molecule has 0 radical (unpaired) electrons. The van der Waals surface area contributed by atoms with Gasteiger partial charge in [-0.15, -0.1) is 4.59 Å². The number of carbonyl (C=O) groups is 2. The molecule has 1 saturated carbocycles. The summed E-state index contributed by atoms with van der Waals surface area (Å²) >= 11 is 0. The zero-order valence-electron chi connectivity index (χ0n) is 22.3. The zero-order chi connectivity index (χ0) is 28.9. The highest BCUT2D eigenvalue weighted by atomic mass is 19.3. The Morgan fingerprint density at radius 2 is 1.95 bits per heavy atom. The first-order valence-corrected chi connectivity index (χ1v) is 13.5. The minimum atomic E-state index is -2.72. The van der Waals surface area contributed by atoms with Crippen LogP contribution in [-0.4, -0.2) is 50.9 Å². The molecule has 1 aromatic heterocycles. The second-order valence-corrected chi connectivity index (χ2v) is 10.9. The van der Waals surface area contributed by atoms with E-state index in [2.05, 4.69) is 22.2 Å². The van der Waals surface area contributed by atoms with Gasteiger partial charge >= 0.3 is 0 Å². The molecular formula is C29H29F3N7O2+. The van der Waals surface area contributed by atoms with Gasteiger partial charge in [-0.05, 0) is 62.9 Å². The average Bonchev–Trinajstić information content (AvgIpc) is 3.76. The van der Waals surface area contributed by atoms with E-state index in [4.69, 9.17) is 10.8 Å². The molecule has 1 unspecified atom stereocenters. The van der Waals surface area contributed by atoms with Crippen molar-refractivity contribution in [3.8, 4) is 0 Å². The van der Waals surface area contributed by atoms with Gasteiger partial charge in [0.25, 0.3) is 18.2 Å². The number of hydrogen-bond donors (Lipinski definition) is 2. The summed E-state index contributed by atoms with van der Waals surface area (Å²) < 4.78 is 41.2. The molecule has 41 heavy (non-hydrogen) atoms. The average molecular weight is 565 g/mol. The Hall–Kier alpha value is -4.16. The number of fused-ring (bicyclic) bond motifs is 1. The number of allylic oxidation sites excluding steroid dienone is 1. The smallest absolute Gasteiger partial charge is 0.267 e. The van der Waals surface area contributed by atoms with Crippen molar-refractivity contribution in [1.82, 2.24) is 9.88 Å². The molecule has 4 heterocycles. The van der Waals surface area contributed by atoms with E-state index in [1.54, 1.807) is 12.4 Å². The molecule has 2 amide bonds. The van der Waals surface area contributed by atoms with Crippen molar-refractivity contribution >= 4 is 29.7 Å². The van der Waals surface area contributed by atoms with Crippen molar-refractivity contribution in [2.24, 2.45) is 27.7 Å². The van der Waals surface area contributed by atoms with Crippen LogP contribution in [0.25, 0.3) is 0 Å². The van der Waals surface area contributed by atoms with Crippen LogP contribution in [-0.2, 0) is 4.79 Å². The number of halogens is 3. The number of aliphatic imine (C=N–C) groups is 2. The number of nitrogens with two attached hydrogens (primary N) is 1. The van der Waals surface area contributed by atoms with Crippen LogP contribution in [0, 0.1) is 17.7 Å². The van der Waals surface area contributed by atoms with Gasteiger partial charge in [-0.25, -0.2) is 18.2 Å².